The van der Waals surface area contributed by atoms with Crippen LogP contribution in [0.5, 0.6) is 0 Å². The van der Waals surface area contributed by atoms with Gasteiger partial charge in [-0.3, -0.25) is 0 Å². The Morgan fingerprint density at radius 3 is 3.18 bits per heavy atom. The molecule has 1 heteroatoms. The van der Waals surface area contributed by atoms with Crippen LogP contribution in [0, 0.1) is 0 Å². The maximum Gasteiger partial charge on any atom is 0.115 e. The second-order valence-corrected chi connectivity index (χ2v) is 2.79. The van der Waals surface area contributed by atoms with Gasteiger partial charge < -0.3 is 4.74 Å². The molecule has 0 aromatic carbocycles. The molecule has 0 radical (unpaired) electrons. The molecule has 0 spiro atoms. The minimum Gasteiger partial charge on any atom is -0.494 e. The van der Waals surface area contributed by atoms with Gasteiger partial charge in [-0.1, -0.05) is 25.8 Å². The van der Waals surface area contributed by atoms with E-state index in [0.29, 0.717) is 0 Å². The van der Waals surface area contributed by atoms with Crippen LogP contribution in [0.25, 0.3) is 0 Å². The molecule has 0 N–H and O–H groups in total. The van der Waals surface area contributed by atoms with Crippen LogP contribution in [0.15, 0.2) is 24.0 Å². The van der Waals surface area contributed by atoms with Crippen molar-refractivity contribution in [3.05, 3.63) is 24.0 Å². The highest BCUT2D eigenvalue weighted by molar-refractivity contribution is 5.14. The van der Waals surface area contributed by atoms with Crippen molar-refractivity contribution < 1.29 is 4.74 Å². The fourth-order valence-electron chi connectivity index (χ4n) is 1.07. The van der Waals surface area contributed by atoms with Gasteiger partial charge in [0.2, 0.25) is 0 Å². The molecule has 62 valence electrons. The lowest BCUT2D eigenvalue weighted by Gasteiger charge is -1.94. The predicted octanol–water partition coefficient (Wildman–Crippen LogP) is 3.04. The van der Waals surface area contributed by atoms with Gasteiger partial charge in [-0.05, 0) is 18.6 Å². The summed E-state index contributed by atoms with van der Waals surface area (Å²) >= 11 is 0. The number of hydrogen-bond donors (Lipinski definition) is 0. The van der Waals surface area contributed by atoms with Gasteiger partial charge >= 0.3 is 0 Å². The van der Waals surface area contributed by atoms with Crippen LogP contribution in [0.2, 0.25) is 0 Å². The Labute approximate surface area is 68.8 Å². The first-order valence-electron chi connectivity index (χ1n) is 4.43. The number of allylic oxidation sites excluding steroid dienone is 2. The summed E-state index contributed by atoms with van der Waals surface area (Å²) in [5, 5.41) is 0. The van der Waals surface area contributed by atoms with Gasteiger partial charge in [0.15, 0.2) is 0 Å². The maximum atomic E-state index is 5.31. The lowest BCUT2D eigenvalue weighted by molar-refractivity contribution is 0.257. The highest BCUT2D eigenvalue weighted by Crippen LogP contribution is 2.10. The van der Waals surface area contributed by atoms with Gasteiger partial charge in [-0.2, -0.15) is 0 Å². The topological polar surface area (TPSA) is 9.23 Å². The second kappa shape index (κ2) is 5.00. The molecule has 0 fully saturated rings. The Morgan fingerprint density at radius 2 is 2.55 bits per heavy atom. The molecule has 0 saturated heterocycles. The van der Waals surface area contributed by atoms with Gasteiger partial charge in [0.05, 0.1) is 6.61 Å². The third-order valence-corrected chi connectivity index (χ3v) is 1.74. The summed E-state index contributed by atoms with van der Waals surface area (Å²) in [5.74, 6) is 1.06. The molecular formula is C10H16O. The first kappa shape index (κ1) is 8.38. The van der Waals surface area contributed by atoms with Gasteiger partial charge in [-0.15, -0.1) is 0 Å². The van der Waals surface area contributed by atoms with Crippen LogP contribution in [-0.2, 0) is 4.74 Å². The highest BCUT2D eigenvalue weighted by atomic mass is 16.5. The number of unbranched alkanes of at least 4 members (excludes halogenated alkanes) is 2. The largest absolute Gasteiger partial charge is 0.494 e. The Bertz CT molecular complexity index is 156. The second-order valence-electron chi connectivity index (χ2n) is 2.79. The van der Waals surface area contributed by atoms with Crippen LogP contribution in [-0.4, -0.2) is 6.61 Å². The van der Waals surface area contributed by atoms with Crippen LogP contribution in [0.4, 0.5) is 0 Å². The van der Waals surface area contributed by atoms with E-state index in [0.717, 1.165) is 18.8 Å². The van der Waals surface area contributed by atoms with E-state index in [9.17, 15) is 0 Å². The van der Waals surface area contributed by atoms with Crippen LogP contribution >= 0.6 is 0 Å². The monoisotopic (exact) mass is 152 g/mol. The van der Waals surface area contributed by atoms with Crippen LogP contribution in [0.1, 0.15) is 32.6 Å². The van der Waals surface area contributed by atoms with E-state index in [4.69, 9.17) is 4.74 Å². The molecule has 0 amide bonds. The number of rotatable bonds is 4. The normalized spacial score (nSPS) is 17.0. The van der Waals surface area contributed by atoms with Crippen molar-refractivity contribution in [2.45, 2.75) is 32.6 Å². The Morgan fingerprint density at radius 1 is 1.64 bits per heavy atom. The molecule has 0 atom stereocenters. The molecule has 1 aliphatic heterocycles. The average Bonchev–Trinajstić information content (AvgIpc) is 2.50. The van der Waals surface area contributed by atoms with E-state index in [1.54, 1.807) is 0 Å². The molecule has 0 saturated carbocycles. The van der Waals surface area contributed by atoms with Crippen molar-refractivity contribution in [1.29, 1.82) is 0 Å². The zero-order valence-corrected chi connectivity index (χ0v) is 7.18. The first-order valence-corrected chi connectivity index (χ1v) is 4.43. The predicted molar refractivity (Wildman–Crippen MR) is 47.3 cm³/mol. The molecular weight excluding hydrogens is 136 g/mol. The Kier molecular flexibility index (Phi) is 3.81. The maximum absolute atomic E-state index is 5.31. The van der Waals surface area contributed by atoms with Crippen molar-refractivity contribution in [2.75, 3.05) is 6.61 Å². The Hall–Kier alpha value is -0.720. The van der Waals surface area contributed by atoms with E-state index in [2.05, 4.69) is 25.2 Å². The summed E-state index contributed by atoms with van der Waals surface area (Å²) in [4.78, 5) is 0. The average molecular weight is 152 g/mol. The van der Waals surface area contributed by atoms with Crippen molar-refractivity contribution in [3.63, 3.8) is 0 Å². The van der Waals surface area contributed by atoms with Gasteiger partial charge in [0, 0.05) is 6.42 Å². The SMILES string of the molecule is CCCC/C=C/C1=CCCO1. The summed E-state index contributed by atoms with van der Waals surface area (Å²) in [7, 11) is 0. The fraction of sp³-hybridized carbons (Fsp3) is 0.600. The summed E-state index contributed by atoms with van der Waals surface area (Å²) < 4.78 is 5.31. The molecule has 11 heavy (non-hydrogen) atoms. The molecule has 0 aliphatic carbocycles. The van der Waals surface area contributed by atoms with Gasteiger partial charge in [0.1, 0.15) is 5.76 Å². The molecule has 1 heterocycles. The lowest BCUT2D eigenvalue weighted by Crippen LogP contribution is -1.79. The molecule has 0 aromatic rings. The number of hydrogen-bond acceptors (Lipinski definition) is 1. The summed E-state index contributed by atoms with van der Waals surface area (Å²) in [6.45, 7) is 3.08. The zero-order chi connectivity index (χ0) is 7.94. The molecule has 1 rings (SSSR count). The lowest BCUT2D eigenvalue weighted by atomic mass is 10.2. The third-order valence-electron chi connectivity index (χ3n) is 1.74. The first-order chi connectivity index (χ1) is 5.43. The van der Waals surface area contributed by atoms with E-state index < -0.39 is 0 Å². The minimum atomic E-state index is 0.869. The van der Waals surface area contributed by atoms with E-state index in [1.807, 2.05) is 0 Å². The van der Waals surface area contributed by atoms with Crippen LogP contribution < -0.4 is 0 Å². The molecule has 0 aromatic heterocycles. The van der Waals surface area contributed by atoms with Crippen molar-refractivity contribution in [3.8, 4) is 0 Å². The summed E-state index contributed by atoms with van der Waals surface area (Å²) in [5.41, 5.74) is 0. The quantitative estimate of drug-likeness (QED) is 0.562. The van der Waals surface area contributed by atoms with Gasteiger partial charge in [0.25, 0.3) is 0 Å². The highest BCUT2D eigenvalue weighted by Gasteiger charge is 1.98. The summed E-state index contributed by atoms with van der Waals surface area (Å²) in [6.07, 6.45) is 11.2. The smallest absolute Gasteiger partial charge is 0.115 e. The van der Waals surface area contributed by atoms with E-state index in [1.165, 1.54) is 19.3 Å². The standard InChI is InChI=1S/C10H16O/c1-2-3-4-5-7-10-8-6-9-11-10/h5,7-8H,2-4,6,9H2,1H3/b7-5+. The zero-order valence-electron chi connectivity index (χ0n) is 7.18. The molecule has 0 bridgehead atoms. The van der Waals surface area contributed by atoms with E-state index in [-0.39, 0.29) is 0 Å². The molecule has 1 aliphatic rings. The van der Waals surface area contributed by atoms with Crippen molar-refractivity contribution in [1.82, 2.24) is 0 Å². The van der Waals surface area contributed by atoms with Crippen LogP contribution in [0.3, 0.4) is 0 Å². The Balaban J connectivity index is 2.13. The van der Waals surface area contributed by atoms with Crippen molar-refractivity contribution in [2.24, 2.45) is 0 Å². The molecule has 0 unspecified atom stereocenters. The van der Waals surface area contributed by atoms with Crippen molar-refractivity contribution >= 4 is 0 Å². The van der Waals surface area contributed by atoms with Gasteiger partial charge in [-0.25, -0.2) is 0 Å². The summed E-state index contributed by atoms with van der Waals surface area (Å²) in [6, 6.07) is 0. The fourth-order valence-corrected chi connectivity index (χ4v) is 1.07. The molecule has 1 nitrogen and oxygen atoms in total. The number of ether oxygens (including phenoxy) is 1. The third kappa shape index (κ3) is 3.26. The van der Waals surface area contributed by atoms with E-state index >= 15 is 0 Å². The minimum absolute atomic E-state index is 0.869.